The van der Waals surface area contributed by atoms with Gasteiger partial charge in [-0.1, -0.05) is 63.7 Å². The minimum atomic E-state index is -4.06. The number of benzene rings is 3. The van der Waals surface area contributed by atoms with E-state index < -0.39 is 66.7 Å². The minimum absolute atomic E-state index is 0. The number of carbonyl (C=O) groups is 2. The van der Waals surface area contributed by atoms with Crippen molar-refractivity contribution < 1.29 is 69.9 Å². The number of carbonyl (C=O) groups excluding carboxylic acids is 2. The Morgan fingerprint density at radius 3 is 2.30 bits per heavy atom. The molecule has 350 valence electrons. The normalized spacial score (nSPS) is 19.6. The Morgan fingerprint density at radius 2 is 1.63 bits per heavy atom. The molecule has 17 nitrogen and oxygen atoms in total. The van der Waals surface area contributed by atoms with Crippen molar-refractivity contribution in [3.63, 3.8) is 0 Å². The third-order valence-corrected chi connectivity index (χ3v) is 13.5. The molecule has 19 heteroatoms. The lowest BCUT2D eigenvalue weighted by Crippen LogP contribution is -2.51. The molecule has 2 heterocycles. The van der Waals surface area contributed by atoms with Gasteiger partial charge < -0.3 is 48.1 Å². The monoisotopic (exact) mass is 922 g/mol. The van der Waals surface area contributed by atoms with Gasteiger partial charge in [0.15, 0.2) is 12.4 Å². The highest BCUT2D eigenvalue weighted by atomic mass is 32.2. The summed E-state index contributed by atoms with van der Waals surface area (Å²) in [5.74, 6) is 0.0991. The van der Waals surface area contributed by atoms with Gasteiger partial charge >= 0.3 is 19.7 Å². The summed E-state index contributed by atoms with van der Waals surface area (Å²) in [5.41, 5.74) is 1.45. The van der Waals surface area contributed by atoms with Crippen LogP contribution in [0.15, 0.2) is 83.8 Å². The number of amides is 1. The molecule has 3 aromatic rings. The Kier molecular flexibility index (Phi) is 20.3. The first-order chi connectivity index (χ1) is 29.7. The van der Waals surface area contributed by atoms with E-state index in [4.69, 9.17) is 42.2 Å². The molecular formula is C44H63N2O15PS. The quantitative estimate of drug-likeness (QED) is 0.0554. The predicted octanol–water partition coefficient (Wildman–Crippen LogP) is 6.17. The summed E-state index contributed by atoms with van der Waals surface area (Å²) in [6, 6.07) is 21.0. The maximum Gasteiger partial charge on any atom is 0.407 e. The Bertz CT molecular complexity index is 2010. The van der Waals surface area contributed by atoms with Gasteiger partial charge in [-0.2, -0.15) is 4.31 Å². The zero-order chi connectivity index (χ0) is 44.7. The highest BCUT2D eigenvalue weighted by molar-refractivity contribution is 7.89. The van der Waals surface area contributed by atoms with Crippen LogP contribution in [-0.2, 0) is 65.1 Å². The number of aliphatic hydroxyl groups is 1. The lowest BCUT2D eigenvalue weighted by atomic mass is 10.0. The summed E-state index contributed by atoms with van der Waals surface area (Å²) in [4.78, 5) is 25.6. The van der Waals surface area contributed by atoms with E-state index in [1.54, 1.807) is 55.5 Å². The topological polar surface area (TPSA) is 204 Å². The third kappa shape index (κ3) is 15.5. The number of hydrogen-bond donors (Lipinski definition) is 2. The average molecular weight is 923 g/mol. The summed E-state index contributed by atoms with van der Waals surface area (Å²) in [6.07, 6.45) is -3.92. The van der Waals surface area contributed by atoms with E-state index in [1.165, 1.54) is 30.5 Å². The van der Waals surface area contributed by atoms with Crippen LogP contribution in [0.25, 0.3) is 0 Å². The molecule has 1 amide bonds. The van der Waals surface area contributed by atoms with Crippen molar-refractivity contribution in [2.75, 3.05) is 59.6 Å². The van der Waals surface area contributed by atoms with Crippen LogP contribution in [0.4, 0.5) is 4.79 Å². The van der Waals surface area contributed by atoms with Crippen molar-refractivity contribution in [3.8, 4) is 11.5 Å². The molecule has 2 saturated heterocycles. The number of nitrogens with one attached hydrogen (secondary N) is 1. The molecule has 0 saturated carbocycles. The van der Waals surface area contributed by atoms with Gasteiger partial charge in [0.1, 0.15) is 30.6 Å². The maximum absolute atomic E-state index is 13.9. The van der Waals surface area contributed by atoms with Crippen molar-refractivity contribution in [3.05, 3.63) is 90.0 Å². The molecule has 2 fully saturated rings. The lowest BCUT2D eigenvalue weighted by molar-refractivity contribution is -0.151. The van der Waals surface area contributed by atoms with Crippen molar-refractivity contribution in [1.82, 2.24) is 9.62 Å². The second-order valence-electron chi connectivity index (χ2n) is 15.3. The molecule has 63 heavy (non-hydrogen) atoms. The predicted molar refractivity (Wildman–Crippen MR) is 233 cm³/mol. The van der Waals surface area contributed by atoms with E-state index in [2.05, 4.69) is 5.32 Å². The molecule has 2 N–H and O–H groups in total. The van der Waals surface area contributed by atoms with Crippen LogP contribution in [0.5, 0.6) is 11.5 Å². The van der Waals surface area contributed by atoms with Crippen molar-refractivity contribution >= 4 is 29.7 Å². The molecule has 7 atom stereocenters. The zero-order valence-corrected chi connectivity index (χ0v) is 37.5. The molecule has 3 aromatic carbocycles. The number of hydrogen-bond acceptors (Lipinski definition) is 15. The molecule has 0 aromatic heterocycles. The number of sulfonamides is 1. The number of fused-ring (bicyclic) bond motifs is 1. The number of rotatable bonds is 25. The van der Waals surface area contributed by atoms with Gasteiger partial charge in [-0.05, 0) is 80.1 Å². The number of esters is 1. The van der Waals surface area contributed by atoms with E-state index in [9.17, 15) is 27.7 Å². The van der Waals surface area contributed by atoms with Gasteiger partial charge in [-0.15, -0.1) is 0 Å². The van der Waals surface area contributed by atoms with E-state index in [0.717, 1.165) is 5.56 Å². The fourth-order valence-corrected chi connectivity index (χ4v) is 9.91. The summed E-state index contributed by atoms with van der Waals surface area (Å²) < 4.78 is 92.5. The van der Waals surface area contributed by atoms with E-state index in [-0.39, 0.29) is 76.7 Å². The van der Waals surface area contributed by atoms with Crippen molar-refractivity contribution in [2.24, 2.45) is 11.8 Å². The van der Waals surface area contributed by atoms with Crippen molar-refractivity contribution in [1.29, 1.82) is 0 Å². The SMILES string of the molecule is C.CCOC(=O)[C@@H](C)OP(=O)(COCCOc1ccc(C[C@H](NC(=O)O[C@H]2CO[C@H]3OCC[C@H]32)[C@H](O)CN(CC(C)C)S(=O)(=O)c2ccc(OC)cc2)cc1)OCc1ccccc1. The highest BCUT2D eigenvalue weighted by Crippen LogP contribution is 2.50. The largest absolute Gasteiger partial charge is 0.497 e. The van der Waals surface area contributed by atoms with Gasteiger partial charge in [0.2, 0.25) is 10.0 Å². The van der Waals surface area contributed by atoms with E-state index in [0.29, 0.717) is 30.1 Å². The zero-order valence-electron chi connectivity index (χ0n) is 35.8. The first-order valence-corrected chi connectivity index (χ1v) is 23.8. The van der Waals surface area contributed by atoms with Crippen molar-refractivity contribution in [2.45, 2.75) is 90.1 Å². The van der Waals surface area contributed by atoms with Gasteiger partial charge in [-0.3, -0.25) is 9.09 Å². The molecule has 2 aliphatic rings. The van der Waals surface area contributed by atoms with E-state index in [1.807, 2.05) is 32.0 Å². The molecule has 0 radical (unpaired) electrons. The van der Waals surface area contributed by atoms with Crippen LogP contribution in [0.3, 0.4) is 0 Å². The molecule has 5 rings (SSSR count). The van der Waals surface area contributed by atoms with Crippen LogP contribution in [-0.4, -0.2) is 120 Å². The summed E-state index contributed by atoms with van der Waals surface area (Å²) in [7, 11) is -6.50. The van der Waals surface area contributed by atoms with Crippen LogP contribution < -0.4 is 14.8 Å². The number of ether oxygens (including phenoxy) is 7. The number of methoxy groups -OCH3 is 1. The molecule has 2 aliphatic heterocycles. The molecular weight excluding hydrogens is 860 g/mol. The molecule has 0 bridgehead atoms. The number of aliphatic hydroxyl groups excluding tert-OH is 1. The third-order valence-electron chi connectivity index (χ3n) is 10.0. The van der Waals surface area contributed by atoms with Gasteiger partial charge in [-0.25, -0.2) is 18.0 Å². The average Bonchev–Trinajstić information content (AvgIpc) is 3.88. The van der Waals surface area contributed by atoms with Crippen LogP contribution in [0.1, 0.15) is 52.7 Å². The second kappa shape index (κ2) is 24.8. The maximum atomic E-state index is 13.9. The minimum Gasteiger partial charge on any atom is -0.497 e. The van der Waals surface area contributed by atoms with Gasteiger partial charge in [0.05, 0.1) is 63.1 Å². The number of nitrogens with zero attached hydrogens (tertiary/aromatic N) is 1. The fraction of sp³-hybridized carbons (Fsp3) is 0.545. The van der Waals surface area contributed by atoms with Crippen LogP contribution in [0, 0.1) is 11.8 Å². The molecule has 0 spiro atoms. The molecule has 0 aliphatic carbocycles. The van der Waals surface area contributed by atoms with E-state index >= 15 is 0 Å². The highest BCUT2D eigenvalue weighted by Gasteiger charge is 2.44. The second-order valence-corrected chi connectivity index (χ2v) is 19.2. The first-order valence-electron chi connectivity index (χ1n) is 20.6. The number of alkyl carbamates (subject to hydrolysis) is 1. The Morgan fingerprint density at radius 1 is 0.937 bits per heavy atom. The Hall–Kier alpha value is -4.10. The van der Waals surface area contributed by atoms with Crippen LogP contribution >= 0.6 is 7.60 Å². The molecule has 1 unspecified atom stereocenters. The lowest BCUT2D eigenvalue weighted by Gasteiger charge is -2.31. The fourth-order valence-electron chi connectivity index (χ4n) is 6.82. The van der Waals surface area contributed by atoms with Gasteiger partial charge in [0.25, 0.3) is 0 Å². The van der Waals surface area contributed by atoms with Crippen LogP contribution in [0.2, 0.25) is 0 Å². The Labute approximate surface area is 371 Å². The Balaban J connectivity index is 0.00000871. The summed E-state index contributed by atoms with van der Waals surface area (Å²) in [6.45, 7) is 7.46. The standard InChI is InChI=1S/C43H59N2O15PS.CH4/c1-6-54-41(47)31(4)60-61(49,58-27-33-10-8-7-9-11-33)29-53-22-23-55-35-14-12-32(13-15-35)24-38(44-43(48)59-40-28-57-42-37(40)20-21-56-42)39(46)26-45(25-30(2)3)62(50,51)36-18-16-34(52-5)17-19-36;/h7-19,30-31,37-40,42,46H,6,20-29H2,1-5H3,(H,44,48);1H4/t31-,37+,38+,39-,40+,42-,61?;/m1./s1. The van der Waals surface area contributed by atoms with Gasteiger partial charge in [0, 0.05) is 13.1 Å². The summed E-state index contributed by atoms with van der Waals surface area (Å²) >= 11 is 0. The first kappa shape index (κ1) is 51.5. The summed E-state index contributed by atoms with van der Waals surface area (Å²) in [5, 5.41) is 14.5. The smallest absolute Gasteiger partial charge is 0.407 e.